The number of carbonyl (C=O) groups is 1. The summed E-state index contributed by atoms with van der Waals surface area (Å²) in [5.41, 5.74) is 1.39. The maximum atomic E-state index is 13.3. The van der Waals surface area contributed by atoms with Crippen LogP contribution in [0.25, 0.3) is 11.3 Å². The van der Waals surface area contributed by atoms with E-state index in [1.165, 1.54) is 23.0 Å². The molecular weight excluding hydrogens is 197 g/mol. The minimum Gasteiger partial charge on any atom is -0.298 e. The summed E-state index contributed by atoms with van der Waals surface area (Å²) >= 11 is 0. The van der Waals surface area contributed by atoms with Crippen molar-refractivity contribution >= 4 is 6.29 Å². The number of carbonyl (C=O) groups excluding carboxylic acids is 1. The van der Waals surface area contributed by atoms with Gasteiger partial charge in [-0.15, -0.1) is 5.10 Å². The van der Waals surface area contributed by atoms with E-state index in [0.29, 0.717) is 17.5 Å². The van der Waals surface area contributed by atoms with Crippen molar-refractivity contribution in [2.45, 2.75) is 0 Å². The largest absolute Gasteiger partial charge is 0.298 e. The molecule has 0 saturated heterocycles. The molecule has 0 radical (unpaired) electrons. The Labute approximate surface area is 85.3 Å². The van der Waals surface area contributed by atoms with Gasteiger partial charge in [-0.2, -0.15) is 0 Å². The van der Waals surface area contributed by atoms with Crippen LogP contribution in [0.5, 0.6) is 0 Å². The highest BCUT2D eigenvalue weighted by Gasteiger charge is 2.07. The highest BCUT2D eigenvalue weighted by Crippen LogP contribution is 2.19. The van der Waals surface area contributed by atoms with E-state index >= 15 is 0 Å². The molecule has 0 aliphatic rings. The fourth-order valence-electron chi connectivity index (χ4n) is 1.33. The molecular formula is C10H8FN3O. The average molecular weight is 205 g/mol. The molecule has 0 atom stereocenters. The summed E-state index contributed by atoms with van der Waals surface area (Å²) in [6.07, 6.45) is 2.02. The second-order valence-electron chi connectivity index (χ2n) is 3.10. The Morgan fingerprint density at radius 2 is 2.27 bits per heavy atom. The molecule has 0 N–H and O–H groups in total. The van der Waals surface area contributed by atoms with Crippen molar-refractivity contribution in [3.05, 3.63) is 35.8 Å². The number of benzene rings is 1. The Hall–Kier alpha value is -2.04. The summed E-state index contributed by atoms with van der Waals surface area (Å²) in [7, 11) is 1.72. The molecule has 15 heavy (non-hydrogen) atoms. The second-order valence-corrected chi connectivity index (χ2v) is 3.10. The lowest BCUT2D eigenvalue weighted by Crippen LogP contribution is -1.95. The smallest absolute Gasteiger partial charge is 0.152 e. The van der Waals surface area contributed by atoms with Crippen LogP contribution in [0.2, 0.25) is 0 Å². The molecule has 1 aromatic heterocycles. The molecule has 2 rings (SSSR count). The van der Waals surface area contributed by atoms with E-state index in [1.807, 2.05) is 0 Å². The Kier molecular flexibility index (Phi) is 2.29. The first-order valence-electron chi connectivity index (χ1n) is 4.32. The van der Waals surface area contributed by atoms with Gasteiger partial charge in [-0.25, -0.2) is 9.07 Å². The Morgan fingerprint density at radius 1 is 1.47 bits per heavy atom. The first-order chi connectivity index (χ1) is 7.22. The molecule has 0 spiro atoms. The number of aromatic nitrogens is 3. The first-order valence-corrected chi connectivity index (χ1v) is 4.32. The predicted molar refractivity (Wildman–Crippen MR) is 51.8 cm³/mol. The molecule has 5 heteroatoms. The Bertz CT molecular complexity index is 507. The van der Waals surface area contributed by atoms with E-state index in [1.54, 1.807) is 13.1 Å². The van der Waals surface area contributed by atoms with Crippen LogP contribution in [-0.4, -0.2) is 21.3 Å². The zero-order valence-corrected chi connectivity index (χ0v) is 8.01. The van der Waals surface area contributed by atoms with Gasteiger partial charge in [0.1, 0.15) is 5.82 Å². The van der Waals surface area contributed by atoms with Crippen LogP contribution in [0.4, 0.5) is 4.39 Å². The quantitative estimate of drug-likeness (QED) is 0.697. The maximum Gasteiger partial charge on any atom is 0.152 e. The second kappa shape index (κ2) is 3.61. The standard InChI is InChI=1S/C10H8FN3O/c1-14-10(5-12-13-14)7-2-3-8(6-15)9(11)4-7/h2-6H,1H3. The van der Waals surface area contributed by atoms with E-state index in [2.05, 4.69) is 10.3 Å². The molecule has 0 aliphatic carbocycles. The van der Waals surface area contributed by atoms with Crippen LogP contribution >= 0.6 is 0 Å². The normalized spacial score (nSPS) is 10.3. The van der Waals surface area contributed by atoms with Gasteiger partial charge in [0, 0.05) is 12.6 Å². The lowest BCUT2D eigenvalue weighted by molar-refractivity contribution is 0.112. The Balaban J connectivity index is 2.52. The number of halogens is 1. The van der Waals surface area contributed by atoms with Crippen LogP contribution in [0.15, 0.2) is 24.4 Å². The highest BCUT2D eigenvalue weighted by atomic mass is 19.1. The zero-order chi connectivity index (χ0) is 10.8. The van der Waals surface area contributed by atoms with Crippen molar-refractivity contribution in [2.75, 3.05) is 0 Å². The van der Waals surface area contributed by atoms with Gasteiger partial charge in [-0.3, -0.25) is 4.79 Å². The van der Waals surface area contributed by atoms with Gasteiger partial charge < -0.3 is 0 Å². The van der Waals surface area contributed by atoms with Gasteiger partial charge in [-0.1, -0.05) is 11.3 Å². The van der Waals surface area contributed by atoms with Crippen LogP contribution in [-0.2, 0) is 7.05 Å². The van der Waals surface area contributed by atoms with Crippen LogP contribution < -0.4 is 0 Å². The van der Waals surface area contributed by atoms with E-state index in [9.17, 15) is 9.18 Å². The van der Waals surface area contributed by atoms with Gasteiger partial charge in [-0.05, 0) is 12.1 Å². The molecule has 2 aromatic rings. The van der Waals surface area contributed by atoms with Crippen molar-refractivity contribution in [1.29, 1.82) is 0 Å². The lowest BCUT2D eigenvalue weighted by Gasteiger charge is -2.01. The fraction of sp³-hybridized carbons (Fsp3) is 0.100. The van der Waals surface area contributed by atoms with Crippen molar-refractivity contribution in [2.24, 2.45) is 7.05 Å². The molecule has 0 saturated carbocycles. The van der Waals surface area contributed by atoms with Crippen molar-refractivity contribution < 1.29 is 9.18 Å². The fourth-order valence-corrected chi connectivity index (χ4v) is 1.33. The molecule has 0 fully saturated rings. The van der Waals surface area contributed by atoms with Crippen LogP contribution in [0.1, 0.15) is 10.4 Å². The maximum absolute atomic E-state index is 13.3. The SMILES string of the molecule is Cn1nncc1-c1ccc(C=O)c(F)c1. The van der Waals surface area contributed by atoms with E-state index in [-0.39, 0.29) is 5.56 Å². The molecule has 0 aliphatic heterocycles. The molecule has 1 aromatic carbocycles. The summed E-state index contributed by atoms with van der Waals surface area (Å²) in [4.78, 5) is 10.4. The Morgan fingerprint density at radius 3 is 2.80 bits per heavy atom. The minimum atomic E-state index is -0.538. The van der Waals surface area contributed by atoms with Crippen molar-refractivity contribution in [3.8, 4) is 11.3 Å². The topological polar surface area (TPSA) is 47.8 Å². The average Bonchev–Trinajstić information content (AvgIpc) is 2.64. The highest BCUT2D eigenvalue weighted by molar-refractivity contribution is 5.76. The van der Waals surface area contributed by atoms with Crippen molar-refractivity contribution in [1.82, 2.24) is 15.0 Å². The predicted octanol–water partition coefficient (Wildman–Crippen LogP) is 1.43. The molecule has 0 bridgehead atoms. The molecule has 4 nitrogen and oxygen atoms in total. The van der Waals surface area contributed by atoms with Gasteiger partial charge >= 0.3 is 0 Å². The number of aryl methyl sites for hydroxylation is 1. The number of rotatable bonds is 2. The molecule has 76 valence electrons. The first kappa shape index (κ1) is 9.51. The van der Waals surface area contributed by atoms with Crippen LogP contribution in [0.3, 0.4) is 0 Å². The monoisotopic (exact) mass is 205 g/mol. The van der Waals surface area contributed by atoms with E-state index in [4.69, 9.17) is 0 Å². The van der Waals surface area contributed by atoms with Gasteiger partial charge in [0.25, 0.3) is 0 Å². The summed E-state index contributed by atoms with van der Waals surface area (Å²) < 4.78 is 14.8. The van der Waals surface area contributed by atoms with Crippen molar-refractivity contribution in [3.63, 3.8) is 0 Å². The molecule has 0 amide bonds. The number of hydrogen-bond donors (Lipinski definition) is 0. The molecule has 1 heterocycles. The third kappa shape index (κ3) is 1.63. The number of nitrogens with zero attached hydrogens (tertiary/aromatic N) is 3. The minimum absolute atomic E-state index is 0.0499. The van der Waals surface area contributed by atoms with E-state index in [0.717, 1.165) is 0 Å². The summed E-state index contributed by atoms with van der Waals surface area (Å²) in [6.45, 7) is 0. The van der Waals surface area contributed by atoms with E-state index < -0.39 is 5.82 Å². The van der Waals surface area contributed by atoms with Crippen LogP contribution in [0, 0.1) is 5.82 Å². The van der Waals surface area contributed by atoms with Gasteiger partial charge in [0.05, 0.1) is 17.5 Å². The summed E-state index contributed by atoms with van der Waals surface area (Å²) in [5.74, 6) is -0.538. The molecule has 0 unspecified atom stereocenters. The van der Waals surface area contributed by atoms with Gasteiger partial charge in [0.15, 0.2) is 6.29 Å². The van der Waals surface area contributed by atoms with Gasteiger partial charge in [0.2, 0.25) is 0 Å². The summed E-state index contributed by atoms with van der Waals surface area (Å²) in [5, 5.41) is 7.43. The number of hydrogen-bond acceptors (Lipinski definition) is 3. The third-order valence-corrected chi connectivity index (χ3v) is 2.14. The number of aldehydes is 1. The lowest BCUT2D eigenvalue weighted by atomic mass is 10.1. The zero-order valence-electron chi connectivity index (χ0n) is 8.01. The summed E-state index contributed by atoms with van der Waals surface area (Å²) in [6, 6.07) is 4.39. The third-order valence-electron chi connectivity index (χ3n) is 2.14.